The number of morpholine rings is 1. The number of amides is 1. The summed E-state index contributed by atoms with van der Waals surface area (Å²) in [5, 5.41) is 9.00. The lowest BCUT2D eigenvalue weighted by molar-refractivity contribution is -0.111. The van der Waals surface area contributed by atoms with Gasteiger partial charge in [-0.15, -0.1) is 0 Å². The van der Waals surface area contributed by atoms with Crippen molar-refractivity contribution >= 4 is 11.7 Å². The van der Waals surface area contributed by atoms with E-state index in [1.54, 1.807) is 11.1 Å². The highest BCUT2D eigenvalue weighted by molar-refractivity contribution is 5.94. The number of nitrogens with zero attached hydrogens (tertiary/aromatic N) is 5. The Morgan fingerprint density at radius 1 is 1.18 bits per heavy atom. The Hall–Kier alpha value is -3.05. The maximum Gasteiger partial charge on any atom is 0.254 e. The number of carbonyl (C=O) groups excluding carboxylic acids is 1. The lowest BCUT2D eigenvalue weighted by Gasteiger charge is -2.47. The van der Waals surface area contributed by atoms with Gasteiger partial charge in [0.1, 0.15) is 17.7 Å². The molecule has 0 atom stereocenters. The van der Waals surface area contributed by atoms with Crippen molar-refractivity contribution in [2.24, 2.45) is 0 Å². The fraction of sp³-hybridized carbons (Fsp3) is 0.400. The first kappa shape index (κ1) is 18.3. The van der Waals surface area contributed by atoms with Crippen LogP contribution in [0.1, 0.15) is 28.9 Å². The van der Waals surface area contributed by atoms with Gasteiger partial charge in [-0.1, -0.05) is 0 Å². The molecule has 3 heterocycles. The molecule has 8 heteroatoms. The number of anilines is 1. The zero-order valence-corrected chi connectivity index (χ0v) is 15.3. The van der Waals surface area contributed by atoms with Crippen LogP contribution in [0.25, 0.3) is 0 Å². The minimum absolute atomic E-state index is 0.0994. The Bertz CT molecular complexity index is 904. The lowest BCUT2D eigenvalue weighted by atomic mass is 9.89. The summed E-state index contributed by atoms with van der Waals surface area (Å²) in [6, 6.07) is 7.65. The van der Waals surface area contributed by atoms with E-state index in [4.69, 9.17) is 10.00 Å². The van der Waals surface area contributed by atoms with Crippen LogP contribution in [0.5, 0.6) is 0 Å². The van der Waals surface area contributed by atoms with Crippen LogP contribution in [0.4, 0.5) is 10.2 Å². The van der Waals surface area contributed by atoms with Gasteiger partial charge in [-0.2, -0.15) is 5.26 Å². The number of benzene rings is 1. The molecule has 0 unspecified atom stereocenters. The summed E-state index contributed by atoms with van der Waals surface area (Å²) in [7, 11) is 0. The lowest BCUT2D eigenvalue weighted by Crippen LogP contribution is -2.58. The minimum Gasteiger partial charge on any atom is -0.371 e. The normalized spacial score (nSPS) is 18.7. The van der Waals surface area contributed by atoms with E-state index >= 15 is 0 Å². The molecule has 2 aromatic rings. The monoisotopic (exact) mass is 381 g/mol. The number of ether oxygens (including phenoxy) is 1. The molecule has 1 spiro atoms. The molecule has 0 N–H and O–H groups in total. The predicted molar refractivity (Wildman–Crippen MR) is 99.2 cm³/mol. The van der Waals surface area contributed by atoms with Gasteiger partial charge in [0.05, 0.1) is 31.1 Å². The molecule has 7 nitrogen and oxygen atoms in total. The Morgan fingerprint density at radius 2 is 1.93 bits per heavy atom. The van der Waals surface area contributed by atoms with Crippen LogP contribution in [0.2, 0.25) is 0 Å². The van der Waals surface area contributed by atoms with E-state index in [1.807, 2.05) is 6.07 Å². The van der Waals surface area contributed by atoms with Crippen LogP contribution in [0, 0.1) is 17.1 Å². The van der Waals surface area contributed by atoms with Gasteiger partial charge < -0.3 is 14.5 Å². The summed E-state index contributed by atoms with van der Waals surface area (Å²) < 4.78 is 19.2. The molecule has 1 amide bonds. The molecular formula is C20H20FN5O2. The zero-order chi connectivity index (χ0) is 19.6. The Balaban J connectivity index is 1.42. The smallest absolute Gasteiger partial charge is 0.254 e. The van der Waals surface area contributed by atoms with Crippen molar-refractivity contribution in [1.29, 1.82) is 5.26 Å². The molecule has 0 saturated carbocycles. The number of rotatable bonds is 2. The molecule has 2 fully saturated rings. The quantitative estimate of drug-likeness (QED) is 0.791. The second-order valence-electron chi connectivity index (χ2n) is 7.13. The van der Waals surface area contributed by atoms with Gasteiger partial charge in [0, 0.05) is 25.2 Å². The third kappa shape index (κ3) is 3.66. The molecule has 0 aliphatic carbocycles. The van der Waals surface area contributed by atoms with Crippen molar-refractivity contribution in [3.8, 4) is 6.07 Å². The number of carbonyl (C=O) groups is 1. The minimum atomic E-state index is -0.384. The first-order chi connectivity index (χ1) is 13.6. The molecule has 4 rings (SSSR count). The van der Waals surface area contributed by atoms with Crippen LogP contribution in [0.3, 0.4) is 0 Å². The van der Waals surface area contributed by atoms with Crippen molar-refractivity contribution < 1.29 is 13.9 Å². The van der Waals surface area contributed by atoms with Gasteiger partial charge in [-0.05, 0) is 37.1 Å². The first-order valence-electron chi connectivity index (χ1n) is 9.24. The Labute approximate surface area is 162 Å². The van der Waals surface area contributed by atoms with Crippen molar-refractivity contribution in [2.45, 2.75) is 18.4 Å². The third-order valence-electron chi connectivity index (χ3n) is 5.36. The second-order valence-corrected chi connectivity index (χ2v) is 7.13. The number of hydrogen-bond acceptors (Lipinski definition) is 6. The van der Waals surface area contributed by atoms with Crippen LogP contribution in [-0.2, 0) is 4.74 Å². The SMILES string of the molecule is N#Cc1cncc(N2CCC3(CC2)CN(C(=O)c2ccc(F)cc2)CCO3)n1. The molecule has 1 aromatic carbocycles. The van der Waals surface area contributed by atoms with Crippen molar-refractivity contribution in [3.05, 3.63) is 53.7 Å². The Morgan fingerprint density at radius 3 is 2.64 bits per heavy atom. The number of piperidine rings is 1. The van der Waals surface area contributed by atoms with Crippen LogP contribution in [-0.4, -0.2) is 59.2 Å². The van der Waals surface area contributed by atoms with Gasteiger partial charge >= 0.3 is 0 Å². The largest absolute Gasteiger partial charge is 0.371 e. The van der Waals surface area contributed by atoms with E-state index in [0.29, 0.717) is 49.9 Å². The molecule has 0 bridgehead atoms. The van der Waals surface area contributed by atoms with E-state index in [1.165, 1.54) is 30.5 Å². The summed E-state index contributed by atoms with van der Waals surface area (Å²) >= 11 is 0. The average molecular weight is 381 g/mol. The highest BCUT2D eigenvalue weighted by Crippen LogP contribution is 2.32. The van der Waals surface area contributed by atoms with E-state index in [2.05, 4.69) is 14.9 Å². The summed E-state index contributed by atoms with van der Waals surface area (Å²) in [4.78, 5) is 25.0. The molecule has 2 aliphatic heterocycles. The predicted octanol–water partition coefficient (Wildman–Crippen LogP) is 2.00. The molecule has 2 saturated heterocycles. The van der Waals surface area contributed by atoms with E-state index in [9.17, 15) is 9.18 Å². The third-order valence-corrected chi connectivity index (χ3v) is 5.36. The van der Waals surface area contributed by atoms with E-state index in [-0.39, 0.29) is 17.3 Å². The molecular weight excluding hydrogens is 361 g/mol. The van der Waals surface area contributed by atoms with Crippen LogP contribution in [0.15, 0.2) is 36.7 Å². The highest BCUT2D eigenvalue weighted by atomic mass is 19.1. The average Bonchev–Trinajstić information content (AvgIpc) is 2.74. The summed E-state index contributed by atoms with van der Waals surface area (Å²) in [5.74, 6) is 0.229. The fourth-order valence-electron chi connectivity index (χ4n) is 3.80. The number of hydrogen-bond donors (Lipinski definition) is 0. The highest BCUT2D eigenvalue weighted by Gasteiger charge is 2.41. The zero-order valence-electron chi connectivity index (χ0n) is 15.3. The maximum atomic E-state index is 13.1. The molecule has 0 radical (unpaired) electrons. The van der Waals surface area contributed by atoms with Gasteiger partial charge in [0.25, 0.3) is 5.91 Å². The van der Waals surface area contributed by atoms with E-state index in [0.717, 1.165) is 12.8 Å². The van der Waals surface area contributed by atoms with Crippen molar-refractivity contribution in [3.63, 3.8) is 0 Å². The summed E-state index contributed by atoms with van der Waals surface area (Å²) in [6.45, 7) is 2.94. The van der Waals surface area contributed by atoms with Gasteiger partial charge in [0.2, 0.25) is 0 Å². The summed E-state index contributed by atoms with van der Waals surface area (Å²) in [5.41, 5.74) is 0.396. The molecule has 28 heavy (non-hydrogen) atoms. The fourth-order valence-corrected chi connectivity index (χ4v) is 3.80. The molecule has 144 valence electrons. The first-order valence-corrected chi connectivity index (χ1v) is 9.24. The topological polar surface area (TPSA) is 82.4 Å². The second kappa shape index (κ2) is 7.52. The van der Waals surface area contributed by atoms with Gasteiger partial charge in [-0.25, -0.2) is 9.37 Å². The standard InChI is InChI=1S/C20H20FN5O2/c21-16-3-1-15(2-4-16)19(27)26-9-10-28-20(14-26)5-7-25(8-6-20)18-13-23-12-17(11-22)24-18/h1-4,12-13H,5-10,14H2. The van der Waals surface area contributed by atoms with Crippen LogP contribution < -0.4 is 4.90 Å². The molecule has 1 aromatic heterocycles. The van der Waals surface area contributed by atoms with Crippen molar-refractivity contribution in [2.75, 3.05) is 37.7 Å². The number of nitriles is 1. The van der Waals surface area contributed by atoms with Gasteiger partial charge in [-0.3, -0.25) is 9.78 Å². The summed E-state index contributed by atoms with van der Waals surface area (Å²) in [6.07, 6.45) is 4.60. The molecule has 2 aliphatic rings. The van der Waals surface area contributed by atoms with E-state index < -0.39 is 0 Å². The number of halogens is 1. The Kier molecular flexibility index (Phi) is 4.92. The van der Waals surface area contributed by atoms with Crippen LogP contribution >= 0.6 is 0 Å². The number of aromatic nitrogens is 2. The van der Waals surface area contributed by atoms with Crippen molar-refractivity contribution in [1.82, 2.24) is 14.9 Å². The van der Waals surface area contributed by atoms with Gasteiger partial charge in [0.15, 0.2) is 5.69 Å². The maximum absolute atomic E-state index is 13.1.